The van der Waals surface area contributed by atoms with Gasteiger partial charge in [-0.25, -0.2) is 4.98 Å². The van der Waals surface area contributed by atoms with Crippen LogP contribution < -0.4 is 0 Å². The van der Waals surface area contributed by atoms with Crippen LogP contribution in [0.15, 0.2) is 70.3 Å². The molecule has 0 bridgehead atoms. The van der Waals surface area contributed by atoms with Gasteiger partial charge in [0.2, 0.25) is 5.16 Å². The van der Waals surface area contributed by atoms with Gasteiger partial charge >= 0.3 is 0 Å². The van der Waals surface area contributed by atoms with Gasteiger partial charge in [0, 0.05) is 22.9 Å². The summed E-state index contributed by atoms with van der Waals surface area (Å²) >= 11 is 1.17. The zero-order valence-corrected chi connectivity index (χ0v) is 16.6. The third kappa shape index (κ3) is 3.71. The topological polar surface area (TPSA) is 73.8 Å². The molecule has 7 heteroatoms. The number of hydrogen-bond donors (Lipinski definition) is 0. The molecule has 29 heavy (non-hydrogen) atoms. The Bertz CT molecular complexity index is 1220. The van der Waals surface area contributed by atoms with Gasteiger partial charge in [0.1, 0.15) is 17.0 Å². The maximum Gasteiger partial charge on any atom is 0.286 e. The van der Waals surface area contributed by atoms with Crippen molar-refractivity contribution in [2.75, 3.05) is 0 Å². The molecule has 0 N–H and O–H groups in total. The van der Waals surface area contributed by atoms with Crippen molar-refractivity contribution in [3.8, 4) is 33.8 Å². The first-order valence-electron chi connectivity index (χ1n) is 8.86. The van der Waals surface area contributed by atoms with E-state index in [4.69, 9.17) is 4.52 Å². The highest BCUT2D eigenvalue weighted by Crippen LogP contribution is 2.28. The lowest BCUT2D eigenvalue weighted by atomic mass is 10.1. The Labute approximate surface area is 172 Å². The molecule has 0 fully saturated rings. The Morgan fingerprint density at radius 1 is 1.03 bits per heavy atom. The van der Waals surface area contributed by atoms with Crippen LogP contribution in [0.25, 0.3) is 22.6 Å². The Morgan fingerprint density at radius 3 is 2.34 bits per heavy atom. The number of nitrogens with zero attached hydrogens (tertiary/aromatic N) is 4. The number of aromatic nitrogens is 4. The Morgan fingerprint density at radius 2 is 1.69 bits per heavy atom. The zero-order chi connectivity index (χ0) is 20.2. The fourth-order valence-electron chi connectivity index (χ4n) is 2.87. The van der Waals surface area contributed by atoms with Crippen molar-refractivity contribution < 1.29 is 9.32 Å². The van der Waals surface area contributed by atoms with E-state index in [0.717, 1.165) is 11.1 Å². The molecule has 4 aromatic rings. The van der Waals surface area contributed by atoms with E-state index in [1.807, 2.05) is 60.7 Å². The summed E-state index contributed by atoms with van der Waals surface area (Å²) < 4.78 is 6.64. The Kier molecular flexibility index (Phi) is 5.27. The third-order valence-electron chi connectivity index (χ3n) is 4.18. The molecule has 6 nitrogen and oxygen atoms in total. The average molecular weight is 400 g/mol. The Balaban J connectivity index is 1.85. The molecular formula is C22H16N4O2S. The fourth-order valence-corrected chi connectivity index (χ4v) is 3.32. The minimum absolute atomic E-state index is 0.356. The molecule has 0 unspecified atom stereocenters. The van der Waals surface area contributed by atoms with Crippen LogP contribution in [0.4, 0.5) is 0 Å². The van der Waals surface area contributed by atoms with Crippen LogP contribution >= 0.6 is 11.8 Å². The van der Waals surface area contributed by atoms with E-state index in [1.165, 1.54) is 16.4 Å². The van der Waals surface area contributed by atoms with Crippen molar-refractivity contribution in [3.05, 3.63) is 72.0 Å². The summed E-state index contributed by atoms with van der Waals surface area (Å²) in [5, 5.41) is 11.8. The molecule has 0 atom stereocenters. The highest BCUT2D eigenvalue weighted by molar-refractivity contribution is 8.03. The molecule has 2 aromatic carbocycles. The summed E-state index contributed by atoms with van der Waals surface area (Å²) in [5.41, 5.74) is 2.40. The molecule has 0 spiro atoms. The van der Waals surface area contributed by atoms with Gasteiger partial charge < -0.3 is 4.52 Å². The lowest BCUT2D eigenvalue weighted by Crippen LogP contribution is -2.16. The van der Waals surface area contributed by atoms with Crippen LogP contribution in [0.1, 0.15) is 23.0 Å². The van der Waals surface area contributed by atoms with E-state index in [9.17, 15) is 4.79 Å². The molecule has 0 radical (unpaired) electrons. The van der Waals surface area contributed by atoms with Gasteiger partial charge in [0.15, 0.2) is 5.82 Å². The molecule has 0 saturated heterocycles. The van der Waals surface area contributed by atoms with Gasteiger partial charge in [0.25, 0.3) is 5.91 Å². The maximum atomic E-state index is 13.5. The average Bonchev–Trinajstić information content (AvgIpc) is 3.37. The van der Waals surface area contributed by atoms with Crippen molar-refractivity contribution >= 4 is 17.7 Å². The second-order valence-electron chi connectivity index (χ2n) is 6.08. The first-order valence-corrected chi connectivity index (χ1v) is 9.68. The molecule has 4 rings (SSSR count). The number of thioether (sulfide) groups is 1. The molecule has 2 heterocycles. The lowest BCUT2D eigenvalue weighted by molar-refractivity contribution is 0.0944. The van der Waals surface area contributed by atoms with E-state index in [0.29, 0.717) is 28.0 Å². The van der Waals surface area contributed by atoms with Crippen LogP contribution in [-0.2, 0) is 0 Å². The van der Waals surface area contributed by atoms with Gasteiger partial charge in [-0.1, -0.05) is 71.7 Å². The van der Waals surface area contributed by atoms with Crippen molar-refractivity contribution in [2.45, 2.75) is 19.0 Å². The van der Waals surface area contributed by atoms with E-state index in [1.54, 1.807) is 13.8 Å². The van der Waals surface area contributed by atoms with Crippen molar-refractivity contribution in [3.63, 3.8) is 0 Å². The lowest BCUT2D eigenvalue weighted by Gasteiger charge is -2.05. The number of rotatable bonds is 4. The van der Waals surface area contributed by atoms with E-state index in [-0.39, 0.29) is 5.91 Å². The molecule has 0 aliphatic rings. The minimum atomic E-state index is -0.356. The molecule has 2 aromatic heterocycles. The minimum Gasteiger partial charge on any atom is -0.360 e. The SMILES string of the molecule is CC#CSc1nc(-c2ccccc2)n(C(=O)c2c(-c3ccccc3)noc2C)n1. The zero-order valence-electron chi connectivity index (χ0n) is 15.8. The molecule has 0 aliphatic heterocycles. The highest BCUT2D eigenvalue weighted by Gasteiger charge is 2.27. The van der Waals surface area contributed by atoms with Crippen LogP contribution in [-0.4, -0.2) is 25.8 Å². The van der Waals surface area contributed by atoms with Gasteiger partial charge in [-0.05, 0) is 19.1 Å². The second kappa shape index (κ2) is 8.17. The van der Waals surface area contributed by atoms with E-state index < -0.39 is 0 Å². The van der Waals surface area contributed by atoms with Gasteiger partial charge in [0.05, 0.1) is 0 Å². The van der Waals surface area contributed by atoms with Crippen LogP contribution in [0.3, 0.4) is 0 Å². The first kappa shape index (κ1) is 18.7. The number of benzene rings is 2. The maximum absolute atomic E-state index is 13.5. The summed E-state index contributed by atoms with van der Waals surface area (Å²) in [5.74, 6) is 3.30. The largest absolute Gasteiger partial charge is 0.360 e. The number of carbonyl (C=O) groups is 1. The summed E-state index contributed by atoms with van der Waals surface area (Å²) in [4.78, 5) is 18.0. The summed E-state index contributed by atoms with van der Waals surface area (Å²) in [7, 11) is 0. The van der Waals surface area contributed by atoms with Gasteiger partial charge in [-0.2, -0.15) is 4.68 Å². The second-order valence-corrected chi connectivity index (χ2v) is 6.86. The standard InChI is InChI=1S/C22H16N4O2S/c1-3-14-29-22-23-20(17-12-8-5-9-13-17)26(24-22)21(27)18-15(2)28-25-19(18)16-10-6-4-7-11-16/h4-13H,1-2H3. The molecule has 0 aliphatic carbocycles. The first-order chi connectivity index (χ1) is 14.2. The van der Waals surface area contributed by atoms with E-state index in [2.05, 4.69) is 26.4 Å². The quantitative estimate of drug-likeness (QED) is 0.366. The normalized spacial score (nSPS) is 10.4. The molecule has 0 saturated carbocycles. The van der Waals surface area contributed by atoms with Crippen LogP contribution in [0.5, 0.6) is 0 Å². The third-order valence-corrected chi connectivity index (χ3v) is 4.84. The van der Waals surface area contributed by atoms with Crippen molar-refractivity contribution in [1.29, 1.82) is 0 Å². The van der Waals surface area contributed by atoms with Crippen molar-refractivity contribution in [1.82, 2.24) is 19.9 Å². The van der Waals surface area contributed by atoms with Gasteiger partial charge in [-0.15, -0.1) is 5.10 Å². The number of hydrogen-bond acceptors (Lipinski definition) is 6. The van der Waals surface area contributed by atoms with Crippen LogP contribution in [0, 0.1) is 18.1 Å². The predicted octanol–water partition coefficient (Wildman–Crippen LogP) is 4.67. The molecular weight excluding hydrogens is 384 g/mol. The highest BCUT2D eigenvalue weighted by atomic mass is 32.2. The molecule has 0 amide bonds. The number of aryl methyl sites for hydroxylation is 1. The van der Waals surface area contributed by atoms with Gasteiger partial charge in [-0.3, -0.25) is 4.79 Å². The Hall–Kier alpha value is -3.63. The predicted molar refractivity (Wildman–Crippen MR) is 111 cm³/mol. The van der Waals surface area contributed by atoms with Crippen LogP contribution in [0.2, 0.25) is 0 Å². The monoisotopic (exact) mass is 400 g/mol. The summed E-state index contributed by atoms with van der Waals surface area (Å²) in [6.45, 7) is 3.45. The summed E-state index contributed by atoms with van der Waals surface area (Å²) in [6.07, 6.45) is 0. The molecule has 142 valence electrons. The number of carbonyl (C=O) groups excluding carboxylic acids is 1. The smallest absolute Gasteiger partial charge is 0.286 e. The van der Waals surface area contributed by atoms with Crippen molar-refractivity contribution in [2.24, 2.45) is 0 Å². The fraction of sp³-hybridized carbons (Fsp3) is 0.0909. The van der Waals surface area contributed by atoms with E-state index >= 15 is 0 Å². The summed E-state index contributed by atoms with van der Waals surface area (Å²) in [6, 6.07) is 18.9.